The molecule has 28 heavy (non-hydrogen) atoms. The molecule has 0 bridgehead atoms. The summed E-state index contributed by atoms with van der Waals surface area (Å²) in [5.41, 5.74) is 1.74. The Labute approximate surface area is 164 Å². The van der Waals surface area contributed by atoms with Gasteiger partial charge in [0.05, 0.1) is 13.2 Å². The van der Waals surface area contributed by atoms with Crippen molar-refractivity contribution >= 4 is 29.0 Å². The van der Waals surface area contributed by atoms with Gasteiger partial charge < -0.3 is 20.7 Å². The summed E-state index contributed by atoms with van der Waals surface area (Å²) in [5.74, 6) is 0.261. The predicted molar refractivity (Wildman–Crippen MR) is 109 cm³/mol. The zero-order chi connectivity index (χ0) is 19.8. The summed E-state index contributed by atoms with van der Waals surface area (Å²) in [4.78, 5) is 30.3. The highest BCUT2D eigenvalue weighted by molar-refractivity contribution is 6.05. The molecule has 3 N–H and O–H groups in total. The Morgan fingerprint density at radius 1 is 1.11 bits per heavy atom. The van der Waals surface area contributed by atoms with Crippen molar-refractivity contribution in [2.75, 3.05) is 55.3 Å². The molecule has 8 heteroatoms. The third-order valence-corrected chi connectivity index (χ3v) is 4.30. The van der Waals surface area contributed by atoms with Crippen LogP contribution in [0.1, 0.15) is 17.3 Å². The summed E-state index contributed by atoms with van der Waals surface area (Å²) in [5, 5.41) is 8.80. The second-order valence-electron chi connectivity index (χ2n) is 6.53. The number of anilines is 3. The van der Waals surface area contributed by atoms with E-state index in [1.54, 1.807) is 42.6 Å². The lowest BCUT2D eigenvalue weighted by atomic mass is 10.2. The molecule has 0 atom stereocenters. The SMILES string of the molecule is CC(=O)Nc1cccc(NC(=O)c2ccnc(NCCN3CCOCC3)c2)c1. The highest BCUT2D eigenvalue weighted by Crippen LogP contribution is 2.16. The summed E-state index contributed by atoms with van der Waals surface area (Å²) >= 11 is 0. The topological polar surface area (TPSA) is 95.6 Å². The Balaban J connectivity index is 1.55. The van der Waals surface area contributed by atoms with Crippen LogP contribution in [0.15, 0.2) is 42.6 Å². The average Bonchev–Trinajstić information content (AvgIpc) is 2.69. The van der Waals surface area contributed by atoms with Crippen LogP contribution >= 0.6 is 0 Å². The molecule has 0 radical (unpaired) electrons. The van der Waals surface area contributed by atoms with Gasteiger partial charge in [0, 0.05) is 56.2 Å². The first-order chi connectivity index (χ1) is 13.6. The molecule has 1 aliphatic rings. The van der Waals surface area contributed by atoms with Crippen molar-refractivity contribution in [1.29, 1.82) is 0 Å². The lowest BCUT2D eigenvalue weighted by Crippen LogP contribution is -2.39. The molecule has 2 amide bonds. The summed E-state index contributed by atoms with van der Waals surface area (Å²) in [6.07, 6.45) is 1.61. The van der Waals surface area contributed by atoms with Gasteiger partial charge >= 0.3 is 0 Å². The van der Waals surface area contributed by atoms with Crippen molar-refractivity contribution in [1.82, 2.24) is 9.88 Å². The molecule has 1 saturated heterocycles. The molecule has 2 aromatic rings. The maximum Gasteiger partial charge on any atom is 0.255 e. The van der Waals surface area contributed by atoms with Crippen LogP contribution in [0.3, 0.4) is 0 Å². The van der Waals surface area contributed by atoms with E-state index in [9.17, 15) is 9.59 Å². The highest BCUT2D eigenvalue weighted by Gasteiger charge is 2.11. The average molecular weight is 383 g/mol. The first-order valence-electron chi connectivity index (χ1n) is 9.29. The smallest absolute Gasteiger partial charge is 0.255 e. The Morgan fingerprint density at radius 3 is 2.61 bits per heavy atom. The Kier molecular flexibility index (Phi) is 6.94. The van der Waals surface area contributed by atoms with Gasteiger partial charge in [0.2, 0.25) is 5.91 Å². The number of carbonyl (C=O) groups excluding carboxylic acids is 2. The summed E-state index contributed by atoms with van der Waals surface area (Å²) in [7, 11) is 0. The van der Waals surface area contributed by atoms with E-state index < -0.39 is 0 Å². The minimum Gasteiger partial charge on any atom is -0.379 e. The molecule has 148 valence electrons. The molecule has 3 rings (SSSR count). The molecule has 8 nitrogen and oxygen atoms in total. The summed E-state index contributed by atoms with van der Waals surface area (Å²) < 4.78 is 5.34. The van der Waals surface area contributed by atoms with Crippen LogP contribution in [-0.2, 0) is 9.53 Å². The van der Waals surface area contributed by atoms with E-state index in [-0.39, 0.29) is 11.8 Å². The van der Waals surface area contributed by atoms with Crippen molar-refractivity contribution in [3.63, 3.8) is 0 Å². The standard InChI is InChI=1S/C20H25N5O3/c1-15(26)23-17-3-2-4-18(14-17)24-20(27)16-5-6-21-19(13-16)22-7-8-25-9-11-28-12-10-25/h2-6,13-14H,7-12H2,1H3,(H,21,22)(H,23,26)(H,24,27). The number of morpholine rings is 1. The molecule has 1 aromatic heterocycles. The van der Waals surface area contributed by atoms with Crippen LogP contribution < -0.4 is 16.0 Å². The van der Waals surface area contributed by atoms with Crippen LogP contribution in [0.4, 0.5) is 17.2 Å². The van der Waals surface area contributed by atoms with Crippen LogP contribution in [0.2, 0.25) is 0 Å². The van der Waals surface area contributed by atoms with Crippen LogP contribution in [0, 0.1) is 0 Å². The molecular formula is C20H25N5O3. The van der Waals surface area contributed by atoms with Crippen LogP contribution in [0.5, 0.6) is 0 Å². The summed E-state index contributed by atoms with van der Waals surface area (Å²) in [6, 6.07) is 10.4. The Bertz CT molecular complexity index is 821. The Morgan fingerprint density at radius 2 is 1.86 bits per heavy atom. The number of pyridine rings is 1. The largest absolute Gasteiger partial charge is 0.379 e. The number of nitrogens with one attached hydrogen (secondary N) is 3. The number of aromatic nitrogens is 1. The maximum atomic E-state index is 12.5. The van der Waals surface area contributed by atoms with Gasteiger partial charge in [0.25, 0.3) is 5.91 Å². The maximum absolute atomic E-state index is 12.5. The van der Waals surface area contributed by atoms with Crippen molar-refractivity contribution in [3.05, 3.63) is 48.2 Å². The molecular weight excluding hydrogens is 358 g/mol. The van der Waals surface area contributed by atoms with Gasteiger partial charge in [-0.2, -0.15) is 0 Å². The van der Waals surface area contributed by atoms with E-state index in [0.717, 1.165) is 39.4 Å². The van der Waals surface area contributed by atoms with Gasteiger partial charge in [-0.3, -0.25) is 14.5 Å². The number of hydrogen-bond donors (Lipinski definition) is 3. The zero-order valence-electron chi connectivity index (χ0n) is 15.9. The second kappa shape index (κ2) is 9.82. The van der Waals surface area contributed by atoms with Crippen LogP contribution in [0.25, 0.3) is 0 Å². The van der Waals surface area contributed by atoms with E-state index in [4.69, 9.17) is 4.74 Å². The zero-order valence-corrected chi connectivity index (χ0v) is 15.9. The number of carbonyl (C=O) groups is 2. The van der Waals surface area contributed by atoms with Crippen LogP contribution in [-0.4, -0.2) is 61.1 Å². The minimum absolute atomic E-state index is 0.162. The molecule has 1 aliphatic heterocycles. The third-order valence-electron chi connectivity index (χ3n) is 4.30. The van der Waals surface area contributed by atoms with E-state index >= 15 is 0 Å². The molecule has 1 aromatic carbocycles. The first-order valence-corrected chi connectivity index (χ1v) is 9.29. The first kappa shape index (κ1) is 19.8. The van der Waals surface area contributed by atoms with Gasteiger partial charge in [-0.15, -0.1) is 0 Å². The molecule has 1 fully saturated rings. The molecule has 0 aliphatic carbocycles. The van der Waals surface area contributed by atoms with Crippen molar-refractivity contribution < 1.29 is 14.3 Å². The Hall–Kier alpha value is -2.97. The van der Waals surface area contributed by atoms with E-state index in [2.05, 4.69) is 25.8 Å². The number of hydrogen-bond acceptors (Lipinski definition) is 6. The van der Waals surface area contributed by atoms with E-state index in [0.29, 0.717) is 22.8 Å². The van der Waals surface area contributed by atoms with E-state index in [1.165, 1.54) is 6.92 Å². The lowest BCUT2D eigenvalue weighted by molar-refractivity contribution is -0.114. The highest BCUT2D eigenvalue weighted by atomic mass is 16.5. The predicted octanol–water partition coefficient (Wildman–Crippen LogP) is 2.04. The number of nitrogens with zero attached hydrogens (tertiary/aromatic N) is 2. The van der Waals surface area contributed by atoms with Gasteiger partial charge in [0.1, 0.15) is 5.82 Å². The number of benzene rings is 1. The number of ether oxygens (including phenoxy) is 1. The second-order valence-corrected chi connectivity index (χ2v) is 6.53. The van der Waals surface area contributed by atoms with E-state index in [1.807, 2.05) is 0 Å². The molecule has 0 saturated carbocycles. The van der Waals surface area contributed by atoms with Gasteiger partial charge in [-0.05, 0) is 30.3 Å². The van der Waals surface area contributed by atoms with Crippen molar-refractivity contribution in [2.24, 2.45) is 0 Å². The summed E-state index contributed by atoms with van der Waals surface area (Å²) in [6.45, 7) is 6.52. The van der Waals surface area contributed by atoms with Gasteiger partial charge in [-0.1, -0.05) is 6.07 Å². The number of rotatable bonds is 7. The number of amides is 2. The minimum atomic E-state index is -0.237. The van der Waals surface area contributed by atoms with Crippen molar-refractivity contribution in [3.8, 4) is 0 Å². The quantitative estimate of drug-likeness (QED) is 0.677. The molecule has 0 spiro atoms. The molecule has 0 unspecified atom stereocenters. The third kappa shape index (κ3) is 6.04. The van der Waals surface area contributed by atoms with Crippen molar-refractivity contribution in [2.45, 2.75) is 6.92 Å². The fourth-order valence-corrected chi connectivity index (χ4v) is 2.92. The monoisotopic (exact) mass is 383 g/mol. The fraction of sp³-hybridized carbons (Fsp3) is 0.350. The fourth-order valence-electron chi connectivity index (χ4n) is 2.92. The molecule has 2 heterocycles. The van der Waals surface area contributed by atoms with Gasteiger partial charge in [0.15, 0.2) is 0 Å². The van der Waals surface area contributed by atoms with Gasteiger partial charge in [-0.25, -0.2) is 4.98 Å². The lowest BCUT2D eigenvalue weighted by Gasteiger charge is -2.26. The normalized spacial score (nSPS) is 14.3.